The van der Waals surface area contributed by atoms with E-state index in [9.17, 15) is 18.0 Å². The van der Waals surface area contributed by atoms with Crippen LogP contribution in [0.15, 0.2) is 90.1 Å². The van der Waals surface area contributed by atoms with Gasteiger partial charge in [0.1, 0.15) is 12.4 Å². The average Bonchev–Trinajstić information content (AvgIpc) is 3.03. The number of amides is 2. The summed E-state index contributed by atoms with van der Waals surface area (Å²) in [4.78, 5) is 34.4. The molecule has 44 heavy (non-hydrogen) atoms. The van der Waals surface area contributed by atoms with Crippen LogP contribution in [-0.4, -0.2) is 74.1 Å². The molecule has 0 unspecified atom stereocenters. The molecule has 2 amide bonds. The number of ether oxygens (including phenoxy) is 1. The Morgan fingerprint density at radius 3 is 2.48 bits per heavy atom. The highest BCUT2D eigenvalue weighted by Gasteiger charge is 2.22. The van der Waals surface area contributed by atoms with Crippen molar-refractivity contribution in [1.29, 1.82) is 0 Å². The normalized spacial score (nSPS) is 14.4. The van der Waals surface area contributed by atoms with Crippen molar-refractivity contribution in [3.8, 4) is 16.9 Å². The molecule has 2 bridgehead atoms. The van der Waals surface area contributed by atoms with Crippen LogP contribution in [0.2, 0.25) is 0 Å². The smallest absolute Gasteiger partial charge is 0.253 e. The van der Waals surface area contributed by atoms with Crippen molar-refractivity contribution < 1.29 is 22.7 Å². The number of sulfone groups is 1. The van der Waals surface area contributed by atoms with Crippen molar-refractivity contribution in [2.45, 2.75) is 31.6 Å². The molecule has 1 aliphatic rings. The second-order valence-corrected chi connectivity index (χ2v) is 13.3. The molecule has 8 nitrogen and oxygen atoms in total. The number of hydrogen-bond acceptors (Lipinski definition) is 6. The van der Waals surface area contributed by atoms with E-state index in [1.807, 2.05) is 62.5 Å². The number of carbonyl (C=O) groups excluding carboxylic acids is 2. The second-order valence-electron chi connectivity index (χ2n) is 11.2. The van der Waals surface area contributed by atoms with Gasteiger partial charge in [0.25, 0.3) is 5.91 Å². The number of rotatable bonds is 5. The molecule has 0 saturated heterocycles. The Kier molecular flexibility index (Phi) is 9.44. The first-order chi connectivity index (χ1) is 21.1. The summed E-state index contributed by atoms with van der Waals surface area (Å²) in [6.07, 6.45) is 3.93. The van der Waals surface area contributed by atoms with Crippen molar-refractivity contribution in [3.05, 3.63) is 113 Å². The third-order valence-corrected chi connectivity index (χ3v) is 9.78. The summed E-state index contributed by atoms with van der Waals surface area (Å²) < 4.78 is 32.4. The monoisotopic (exact) mass is 611 g/mol. The van der Waals surface area contributed by atoms with Gasteiger partial charge in [0.2, 0.25) is 5.91 Å². The molecule has 0 N–H and O–H groups in total. The summed E-state index contributed by atoms with van der Waals surface area (Å²) in [7, 11) is -1.94. The fourth-order valence-corrected chi connectivity index (χ4v) is 6.54. The zero-order valence-corrected chi connectivity index (χ0v) is 26.1. The molecule has 0 atom stereocenters. The molecule has 0 aliphatic carbocycles. The lowest BCUT2D eigenvalue weighted by Gasteiger charge is -2.27. The maximum Gasteiger partial charge on any atom is 0.253 e. The summed E-state index contributed by atoms with van der Waals surface area (Å²) in [5.74, 6) is -0.0571. The Bertz CT molecular complexity index is 1770. The number of pyridine rings is 1. The molecule has 0 saturated carbocycles. The Hall–Kier alpha value is -4.50. The van der Waals surface area contributed by atoms with Gasteiger partial charge >= 0.3 is 0 Å². The number of benzene rings is 3. The highest BCUT2D eigenvalue weighted by Crippen LogP contribution is 2.29. The number of fused-ring (bicyclic) bond motifs is 3. The first kappa shape index (κ1) is 30.9. The second kappa shape index (κ2) is 13.4. The molecule has 0 spiro atoms. The van der Waals surface area contributed by atoms with Crippen LogP contribution in [0.3, 0.4) is 0 Å². The maximum atomic E-state index is 13.4. The number of likely N-dealkylation sites (N-methyl/N-ethyl adjacent to an activating group) is 1. The van der Waals surface area contributed by atoms with Crippen LogP contribution in [0.4, 0.5) is 0 Å². The number of hydrogen-bond donors (Lipinski definition) is 0. The molecule has 4 aromatic rings. The van der Waals surface area contributed by atoms with E-state index in [2.05, 4.69) is 11.1 Å². The van der Waals surface area contributed by atoms with E-state index in [1.165, 1.54) is 0 Å². The van der Waals surface area contributed by atoms with Crippen molar-refractivity contribution >= 4 is 21.7 Å². The molecule has 0 radical (unpaired) electrons. The molecule has 0 fully saturated rings. The number of aryl methyl sites for hydroxylation is 2. The number of nitrogens with zero attached hydrogens (tertiary/aromatic N) is 3. The Labute approximate surface area is 259 Å². The third-order valence-electron chi connectivity index (χ3n) is 8.07. The highest BCUT2D eigenvalue weighted by molar-refractivity contribution is 7.91. The highest BCUT2D eigenvalue weighted by atomic mass is 32.2. The number of aromatic nitrogens is 1. The Balaban J connectivity index is 1.39. The maximum absolute atomic E-state index is 13.4. The lowest BCUT2D eigenvalue weighted by atomic mass is 9.98. The Morgan fingerprint density at radius 1 is 0.886 bits per heavy atom. The minimum absolute atomic E-state index is 0.144. The van der Waals surface area contributed by atoms with Gasteiger partial charge in [-0.05, 0) is 84.1 Å². The topological polar surface area (TPSA) is 96.9 Å². The Morgan fingerprint density at radius 2 is 1.70 bits per heavy atom. The summed E-state index contributed by atoms with van der Waals surface area (Å²) in [5.41, 5.74) is 6.35. The fourth-order valence-electron chi connectivity index (χ4n) is 5.23. The summed E-state index contributed by atoms with van der Waals surface area (Å²) in [5, 5.41) is 0. The van der Waals surface area contributed by atoms with E-state index >= 15 is 0 Å². The van der Waals surface area contributed by atoms with Crippen LogP contribution < -0.4 is 4.74 Å². The lowest BCUT2D eigenvalue weighted by Crippen LogP contribution is -2.42. The van der Waals surface area contributed by atoms with Gasteiger partial charge in [0, 0.05) is 56.5 Å². The summed E-state index contributed by atoms with van der Waals surface area (Å²) in [6, 6.07) is 22.4. The fraction of sp³-hybridized carbons (Fsp3) is 0.286. The minimum atomic E-state index is -3.65. The first-order valence-corrected chi connectivity index (χ1v) is 16.3. The van der Waals surface area contributed by atoms with Crippen LogP contribution >= 0.6 is 0 Å². The van der Waals surface area contributed by atoms with E-state index in [-0.39, 0.29) is 48.6 Å². The number of carbonyl (C=O) groups is 2. The van der Waals surface area contributed by atoms with Gasteiger partial charge in [-0.1, -0.05) is 30.3 Å². The standard InChI is InChI=1S/C35H37N3O5S/c1-25-9-11-32(20-26(25)2)44(41,42)19-13-34(39)38-16-15-37(3)35(40)29-7-4-6-27(21-29)22-31-23-28(30-8-5-14-36-24-30)10-12-33(31)43-18-17-38/h4-12,14,20-21,23-24H,13,15-19,22H2,1-3H3. The van der Waals surface area contributed by atoms with E-state index in [1.54, 1.807) is 47.3 Å². The summed E-state index contributed by atoms with van der Waals surface area (Å²) >= 11 is 0. The largest absolute Gasteiger partial charge is 0.491 e. The quantitative estimate of drug-likeness (QED) is 0.311. The molecule has 1 aromatic heterocycles. The van der Waals surface area contributed by atoms with Crippen molar-refractivity contribution in [2.75, 3.05) is 39.0 Å². The van der Waals surface area contributed by atoms with E-state index < -0.39 is 9.84 Å². The van der Waals surface area contributed by atoms with Gasteiger partial charge in [-0.25, -0.2) is 8.42 Å². The average molecular weight is 612 g/mol. The van der Waals surface area contributed by atoms with Crippen LogP contribution in [0.1, 0.15) is 39.0 Å². The van der Waals surface area contributed by atoms with Crippen molar-refractivity contribution in [3.63, 3.8) is 0 Å². The molecular weight excluding hydrogens is 574 g/mol. The van der Waals surface area contributed by atoms with E-state index in [0.29, 0.717) is 24.3 Å². The summed E-state index contributed by atoms with van der Waals surface area (Å²) in [6.45, 7) is 4.80. The van der Waals surface area contributed by atoms with E-state index in [4.69, 9.17) is 4.74 Å². The molecule has 2 heterocycles. The van der Waals surface area contributed by atoms with Crippen molar-refractivity contribution in [2.24, 2.45) is 0 Å². The lowest BCUT2D eigenvalue weighted by molar-refractivity contribution is -0.131. The zero-order chi connectivity index (χ0) is 31.3. The first-order valence-electron chi connectivity index (χ1n) is 14.7. The zero-order valence-electron chi connectivity index (χ0n) is 25.3. The minimum Gasteiger partial charge on any atom is -0.491 e. The van der Waals surface area contributed by atoms with Gasteiger partial charge in [-0.3, -0.25) is 14.6 Å². The predicted molar refractivity (Wildman–Crippen MR) is 171 cm³/mol. The van der Waals surface area contributed by atoms with Crippen molar-refractivity contribution in [1.82, 2.24) is 14.8 Å². The van der Waals surface area contributed by atoms with E-state index in [0.717, 1.165) is 33.4 Å². The molecular formula is C35H37N3O5S. The van der Waals surface area contributed by atoms with Gasteiger partial charge in [0.15, 0.2) is 9.84 Å². The molecule has 228 valence electrons. The van der Waals surface area contributed by atoms with Crippen LogP contribution in [0.25, 0.3) is 11.1 Å². The van der Waals surface area contributed by atoms with Gasteiger partial charge in [-0.15, -0.1) is 0 Å². The molecule has 3 aromatic carbocycles. The third kappa shape index (κ3) is 7.34. The van der Waals surface area contributed by atoms with Gasteiger partial charge in [-0.2, -0.15) is 0 Å². The van der Waals surface area contributed by atoms with Gasteiger partial charge < -0.3 is 14.5 Å². The predicted octanol–water partition coefficient (Wildman–Crippen LogP) is 5.11. The molecule has 1 aliphatic heterocycles. The molecule has 5 rings (SSSR count). The van der Waals surface area contributed by atoms with Crippen LogP contribution in [-0.2, 0) is 21.1 Å². The SMILES string of the molecule is Cc1ccc(S(=O)(=O)CCC(=O)N2CCOc3ccc(-c4cccnc4)cc3Cc3cccc(c3)C(=O)N(C)CC2)cc1C. The van der Waals surface area contributed by atoms with Gasteiger partial charge in [0.05, 0.1) is 17.2 Å². The van der Waals surface area contributed by atoms with Crippen LogP contribution in [0, 0.1) is 13.8 Å². The molecule has 9 heteroatoms. The van der Waals surface area contributed by atoms with Crippen LogP contribution in [0.5, 0.6) is 5.75 Å².